The van der Waals surface area contributed by atoms with E-state index in [1.165, 1.54) is 43.7 Å². The standard InChI is InChI=1S/C14H25N3S/c1-12(11-13-5-3-2-4-7-16-13)15-8-6-14-17-9-10-18-14/h9-10,12-13,15-16H,2-8,11H2,1H3. The van der Waals surface area contributed by atoms with Crippen LogP contribution in [-0.2, 0) is 6.42 Å². The summed E-state index contributed by atoms with van der Waals surface area (Å²) in [5.41, 5.74) is 0. The molecule has 0 aromatic carbocycles. The third-order valence-electron chi connectivity index (χ3n) is 3.62. The molecule has 0 aliphatic carbocycles. The molecule has 2 rings (SSSR count). The third-order valence-corrected chi connectivity index (χ3v) is 4.45. The summed E-state index contributed by atoms with van der Waals surface area (Å²) in [6, 6.07) is 1.32. The van der Waals surface area contributed by atoms with Gasteiger partial charge >= 0.3 is 0 Å². The zero-order valence-electron chi connectivity index (χ0n) is 11.3. The van der Waals surface area contributed by atoms with Crippen molar-refractivity contribution < 1.29 is 0 Å². The molecule has 18 heavy (non-hydrogen) atoms. The molecule has 2 atom stereocenters. The van der Waals surface area contributed by atoms with Crippen LogP contribution < -0.4 is 10.6 Å². The van der Waals surface area contributed by atoms with Gasteiger partial charge in [0.1, 0.15) is 0 Å². The van der Waals surface area contributed by atoms with E-state index in [2.05, 4.69) is 22.5 Å². The van der Waals surface area contributed by atoms with Gasteiger partial charge in [-0.2, -0.15) is 0 Å². The van der Waals surface area contributed by atoms with E-state index in [1.807, 2.05) is 11.6 Å². The van der Waals surface area contributed by atoms with Gasteiger partial charge in [-0.1, -0.05) is 12.8 Å². The first-order valence-electron chi connectivity index (χ1n) is 7.20. The second-order valence-electron chi connectivity index (χ2n) is 5.27. The van der Waals surface area contributed by atoms with Crippen LogP contribution in [0, 0.1) is 0 Å². The molecule has 1 aromatic heterocycles. The van der Waals surface area contributed by atoms with Gasteiger partial charge in [0.15, 0.2) is 0 Å². The third kappa shape index (κ3) is 5.04. The second kappa shape index (κ2) is 7.87. The lowest BCUT2D eigenvalue weighted by Gasteiger charge is -2.21. The minimum atomic E-state index is 0.598. The number of rotatable bonds is 6. The molecule has 0 saturated carbocycles. The van der Waals surface area contributed by atoms with Gasteiger partial charge in [-0.25, -0.2) is 4.98 Å². The fourth-order valence-corrected chi connectivity index (χ4v) is 3.23. The van der Waals surface area contributed by atoms with Crippen molar-refractivity contribution in [1.29, 1.82) is 0 Å². The fourth-order valence-electron chi connectivity index (χ4n) is 2.61. The van der Waals surface area contributed by atoms with Crippen LogP contribution in [-0.4, -0.2) is 30.2 Å². The maximum atomic E-state index is 4.31. The molecule has 102 valence electrons. The zero-order chi connectivity index (χ0) is 12.6. The van der Waals surface area contributed by atoms with Crippen LogP contribution in [0.3, 0.4) is 0 Å². The lowest BCUT2D eigenvalue weighted by atomic mass is 10.0. The van der Waals surface area contributed by atoms with Crippen molar-refractivity contribution in [2.24, 2.45) is 0 Å². The molecule has 2 heterocycles. The fraction of sp³-hybridized carbons (Fsp3) is 0.786. The minimum absolute atomic E-state index is 0.598. The van der Waals surface area contributed by atoms with Crippen molar-refractivity contribution in [2.75, 3.05) is 13.1 Å². The van der Waals surface area contributed by atoms with E-state index >= 15 is 0 Å². The first-order chi connectivity index (χ1) is 8.84. The molecule has 0 bridgehead atoms. The highest BCUT2D eigenvalue weighted by Crippen LogP contribution is 2.12. The highest BCUT2D eigenvalue weighted by atomic mass is 32.1. The second-order valence-corrected chi connectivity index (χ2v) is 6.25. The van der Waals surface area contributed by atoms with Gasteiger partial charge < -0.3 is 10.6 Å². The van der Waals surface area contributed by atoms with Crippen LogP contribution in [0.5, 0.6) is 0 Å². The average molecular weight is 267 g/mol. The number of nitrogens with one attached hydrogen (secondary N) is 2. The number of nitrogens with zero attached hydrogens (tertiary/aromatic N) is 1. The molecular formula is C14H25N3S. The molecule has 0 radical (unpaired) electrons. The van der Waals surface area contributed by atoms with Crippen LogP contribution in [0.1, 0.15) is 44.0 Å². The van der Waals surface area contributed by atoms with Crippen LogP contribution in [0.4, 0.5) is 0 Å². The van der Waals surface area contributed by atoms with Crippen LogP contribution in [0.15, 0.2) is 11.6 Å². The number of hydrogen-bond acceptors (Lipinski definition) is 4. The summed E-state index contributed by atoms with van der Waals surface area (Å²) in [7, 11) is 0. The normalized spacial score (nSPS) is 22.6. The number of thiazole rings is 1. The van der Waals surface area contributed by atoms with Gasteiger partial charge in [0.25, 0.3) is 0 Å². The highest BCUT2D eigenvalue weighted by Gasteiger charge is 2.14. The number of hydrogen-bond donors (Lipinski definition) is 2. The van der Waals surface area contributed by atoms with E-state index in [1.54, 1.807) is 11.3 Å². The van der Waals surface area contributed by atoms with Crippen molar-refractivity contribution >= 4 is 11.3 Å². The lowest BCUT2D eigenvalue weighted by Crippen LogP contribution is -2.37. The van der Waals surface area contributed by atoms with Crippen molar-refractivity contribution in [3.05, 3.63) is 16.6 Å². The Bertz CT molecular complexity index is 305. The first kappa shape index (κ1) is 14.0. The van der Waals surface area contributed by atoms with E-state index < -0.39 is 0 Å². The Kier molecular flexibility index (Phi) is 6.11. The molecule has 3 nitrogen and oxygen atoms in total. The Morgan fingerprint density at radius 3 is 3.28 bits per heavy atom. The van der Waals surface area contributed by atoms with Crippen LogP contribution >= 0.6 is 11.3 Å². The predicted octanol–water partition coefficient (Wildman–Crippen LogP) is 2.59. The molecule has 1 aromatic rings. The van der Waals surface area contributed by atoms with Crippen LogP contribution in [0.25, 0.3) is 0 Å². The minimum Gasteiger partial charge on any atom is -0.314 e. The quantitative estimate of drug-likeness (QED) is 0.832. The zero-order valence-corrected chi connectivity index (χ0v) is 12.1. The summed E-state index contributed by atoms with van der Waals surface area (Å²) in [4.78, 5) is 4.31. The van der Waals surface area contributed by atoms with Crippen molar-refractivity contribution in [2.45, 2.75) is 57.5 Å². The largest absolute Gasteiger partial charge is 0.314 e. The van der Waals surface area contributed by atoms with Crippen molar-refractivity contribution in [3.8, 4) is 0 Å². The molecule has 1 fully saturated rings. The Labute approximate surface area is 114 Å². The van der Waals surface area contributed by atoms with Gasteiger partial charge in [-0.3, -0.25) is 0 Å². The van der Waals surface area contributed by atoms with Gasteiger partial charge in [-0.15, -0.1) is 11.3 Å². The maximum Gasteiger partial charge on any atom is 0.0937 e. The molecule has 1 saturated heterocycles. The Balaban J connectivity index is 1.60. The summed E-state index contributed by atoms with van der Waals surface area (Å²) in [5, 5.41) is 10.6. The van der Waals surface area contributed by atoms with E-state index in [4.69, 9.17) is 0 Å². The molecule has 0 spiro atoms. The lowest BCUT2D eigenvalue weighted by molar-refractivity contribution is 0.404. The highest BCUT2D eigenvalue weighted by molar-refractivity contribution is 7.09. The summed E-state index contributed by atoms with van der Waals surface area (Å²) in [6.07, 6.45) is 9.68. The summed E-state index contributed by atoms with van der Waals surface area (Å²) >= 11 is 1.75. The molecule has 2 unspecified atom stereocenters. The Morgan fingerprint density at radius 2 is 2.44 bits per heavy atom. The monoisotopic (exact) mass is 267 g/mol. The summed E-state index contributed by atoms with van der Waals surface area (Å²) in [5.74, 6) is 0. The SMILES string of the molecule is CC(CC1CCCCCN1)NCCc1nccs1. The topological polar surface area (TPSA) is 37.0 Å². The van der Waals surface area contributed by atoms with Gasteiger partial charge in [-0.05, 0) is 32.7 Å². The van der Waals surface area contributed by atoms with E-state index in [0.717, 1.165) is 19.0 Å². The Morgan fingerprint density at radius 1 is 1.50 bits per heavy atom. The summed E-state index contributed by atoms with van der Waals surface area (Å²) < 4.78 is 0. The Hall–Kier alpha value is -0.450. The summed E-state index contributed by atoms with van der Waals surface area (Å²) in [6.45, 7) is 4.55. The van der Waals surface area contributed by atoms with Crippen molar-refractivity contribution in [3.63, 3.8) is 0 Å². The van der Waals surface area contributed by atoms with Crippen LogP contribution in [0.2, 0.25) is 0 Å². The molecular weight excluding hydrogens is 242 g/mol. The average Bonchev–Trinajstić information content (AvgIpc) is 2.74. The van der Waals surface area contributed by atoms with E-state index in [-0.39, 0.29) is 0 Å². The smallest absolute Gasteiger partial charge is 0.0937 e. The van der Waals surface area contributed by atoms with E-state index in [9.17, 15) is 0 Å². The molecule has 0 amide bonds. The molecule has 2 N–H and O–H groups in total. The predicted molar refractivity (Wildman–Crippen MR) is 78.2 cm³/mol. The first-order valence-corrected chi connectivity index (χ1v) is 8.07. The van der Waals surface area contributed by atoms with Crippen molar-refractivity contribution in [1.82, 2.24) is 15.6 Å². The molecule has 4 heteroatoms. The van der Waals surface area contributed by atoms with Gasteiger partial charge in [0, 0.05) is 36.6 Å². The maximum absolute atomic E-state index is 4.31. The molecule has 1 aliphatic rings. The van der Waals surface area contributed by atoms with E-state index in [0.29, 0.717) is 6.04 Å². The molecule has 1 aliphatic heterocycles. The number of aromatic nitrogens is 1. The van der Waals surface area contributed by atoms with Gasteiger partial charge in [0.2, 0.25) is 0 Å². The van der Waals surface area contributed by atoms with Gasteiger partial charge in [0.05, 0.1) is 5.01 Å².